The summed E-state index contributed by atoms with van der Waals surface area (Å²) in [6, 6.07) is 10.1. The molecule has 0 amide bonds. The van der Waals surface area contributed by atoms with Crippen LogP contribution in [0.15, 0.2) is 42.5 Å². The molecule has 7 heteroatoms. The predicted octanol–water partition coefficient (Wildman–Crippen LogP) is 3.65. The molecule has 2 aromatic carbocycles. The number of benzene rings is 2. The van der Waals surface area contributed by atoms with Crippen molar-refractivity contribution in [3.05, 3.63) is 53.6 Å². The Morgan fingerprint density at radius 1 is 0.826 bits per heavy atom. The highest BCUT2D eigenvalue weighted by molar-refractivity contribution is 5.43. The number of rotatable bonds is 5. The third-order valence-electron chi connectivity index (χ3n) is 3.21. The molecule has 0 spiro atoms. The fourth-order valence-electron chi connectivity index (χ4n) is 2.08. The fourth-order valence-corrected chi connectivity index (χ4v) is 2.08. The second-order valence-corrected chi connectivity index (χ2v) is 4.74. The molecule has 0 aliphatic carbocycles. The van der Waals surface area contributed by atoms with E-state index in [1.807, 2.05) is 0 Å². The van der Waals surface area contributed by atoms with E-state index in [0.717, 1.165) is 0 Å². The van der Waals surface area contributed by atoms with Gasteiger partial charge in [0.05, 0.1) is 20.3 Å². The van der Waals surface area contributed by atoms with E-state index in [9.17, 15) is 13.2 Å². The van der Waals surface area contributed by atoms with Gasteiger partial charge in [0.15, 0.2) is 0 Å². The largest absolute Gasteiger partial charge is 0.573 e. The molecule has 0 aromatic heterocycles. The van der Waals surface area contributed by atoms with E-state index in [-0.39, 0.29) is 5.75 Å². The van der Waals surface area contributed by atoms with Crippen LogP contribution in [-0.4, -0.2) is 20.6 Å². The molecule has 124 valence electrons. The van der Waals surface area contributed by atoms with Crippen molar-refractivity contribution in [3.8, 4) is 17.2 Å². The van der Waals surface area contributed by atoms with Crippen molar-refractivity contribution in [2.45, 2.75) is 12.4 Å². The minimum atomic E-state index is -4.72. The predicted molar refractivity (Wildman–Crippen MR) is 78.7 cm³/mol. The van der Waals surface area contributed by atoms with Gasteiger partial charge in [-0.05, 0) is 35.4 Å². The highest BCUT2D eigenvalue weighted by atomic mass is 19.4. The van der Waals surface area contributed by atoms with Crippen molar-refractivity contribution >= 4 is 0 Å². The first-order valence-corrected chi connectivity index (χ1v) is 6.66. The molecule has 0 bridgehead atoms. The van der Waals surface area contributed by atoms with E-state index >= 15 is 0 Å². The molecular formula is C16H16F3NO3. The second-order valence-electron chi connectivity index (χ2n) is 4.74. The Kier molecular flexibility index (Phi) is 5.00. The normalized spacial score (nSPS) is 12.6. The van der Waals surface area contributed by atoms with Gasteiger partial charge >= 0.3 is 6.36 Å². The number of halogens is 3. The summed E-state index contributed by atoms with van der Waals surface area (Å²) in [7, 11) is 3.04. The van der Waals surface area contributed by atoms with Crippen molar-refractivity contribution in [2.24, 2.45) is 5.73 Å². The molecule has 23 heavy (non-hydrogen) atoms. The first-order valence-electron chi connectivity index (χ1n) is 6.66. The van der Waals surface area contributed by atoms with Gasteiger partial charge in [-0.15, -0.1) is 13.2 Å². The van der Waals surface area contributed by atoms with Crippen molar-refractivity contribution < 1.29 is 27.4 Å². The molecule has 1 atom stereocenters. The summed E-state index contributed by atoms with van der Waals surface area (Å²) >= 11 is 0. The van der Waals surface area contributed by atoms with Gasteiger partial charge in [0.25, 0.3) is 0 Å². The number of methoxy groups -OCH3 is 2. The Balaban J connectivity index is 2.24. The van der Waals surface area contributed by atoms with Crippen LogP contribution in [0.2, 0.25) is 0 Å². The summed E-state index contributed by atoms with van der Waals surface area (Å²) in [5.74, 6) is 0.857. The summed E-state index contributed by atoms with van der Waals surface area (Å²) in [5, 5.41) is 0. The fraction of sp³-hybridized carbons (Fsp3) is 0.250. The van der Waals surface area contributed by atoms with Gasteiger partial charge in [0.2, 0.25) is 0 Å². The van der Waals surface area contributed by atoms with Crippen molar-refractivity contribution in [1.29, 1.82) is 0 Å². The number of nitrogens with two attached hydrogens (primary N) is 1. The zero-order valence-electron chi connectivity index (χ0n) is 12.6. The molecule has 2 rings (SSSR count). The number of hydrogen-bond donors (Lipinski definition) is 1. The van der Waals surface area contributed by atoms with Gasteiger partial charge in [0, 0.05) is 6.07 Å². The summed E-state index contributed by atoms with van der Waals surface area (Å²) in [4.78, 5) is 0. The lowest BCUT2D eigenvalue weighted by Gasteiger charge is -2.16. The summed E-state index contributed by atoms with van der Waals surface area (Å²) in [6.45, 7) is 0. The monoisotopic (exact) mass is 327 g/mol. The van der Waals surface area contributed by atoms with Crippen LogP contribution < -0.4 is 19.9 Å². The summed E-state index contributed by atoms with van der Waals surface area (Å²) in [6.07, 6.45) is -4.72. The Morgan fingerprint density at radius 2 is 1.35 bits per heavy atom. The standard InChI is InChI=1S/C16H16F3NO3/c1-21-13-7-11(8-14(9-13)22-2)15(20)10-3-5-12(6-4-10)23-16(17,18)19/h3-9,15H,20H2,1-2H3/t15-/m1/s1. The average molecular weight is 327 g/mol. The molecule has 0 fully saturated rings. The molecule has 4 nitrogen and oxygen atoms in total. The van der Waals surface area contributed by atoms with Gasteiger partial charge in [-0.1, -0.05) is 12.1 Å². The minimum absolute atomic E-state index is 0.295. The van der Waals surface area contributed by atoms with Crippen LogP contribution in [-0.2, 0) is 0 Å². The van der Waals surface area contributed by atoms with Crippen LogP contribution in [0, 0.1) is 0 Å². The zero-order valence-corrected chi connectivity index (χ0v) is 12.6. The maximum absolute atomic E-state index is 12.2. The van der Waals surface area contributed by atoms with Gasteiger partial charge in [-0.2, -0.15) is 0 Å². The van der Waals surface area contributed by atoms with E-state index < -0.39 is 12.4 Å². The highest BCUT2D eigenvalue weighted by Gasteiger charge is 2.31. The Bertz CT molecular complexity index is 634. The average Bonchev–Trinajstić information content (AvgIpc) is 2.52. The van der Waals surface area contributed by atoms with Crippen molar-refractivity contribution in [3.63, 3.8) is 0 Å². The minimum Gasteiger partial charge on any atom is -0.497 e. The van der Waals surface area contributed by atoms with Crippen LogP contribution in [0.5, 0.6) is 17.2 Å². The maximum atomic E-state index is 12.2. The van der Waals surface area contributed by atoms with E-state index in [1.54, 1.807) is 18.2 Å². The van der Waals surface area contributed by atoms with E-state index in [0.29, 0.717) is 22.6 Å². The lowest BCUT2D eigenvalue weighted by Crippen LogP contribution is -2.17. The van der Waals surface area contributed by atoms with Crippen LogP contribution in [0.3, 0.4) is 0 Å². The summed E-state index contributed by atoms with van der Waals surface area (Å²) in [5.41, 5.74) is 7.51. The number of alkyl halides is 3. The lowest BCUT2D eigenvalue weighted by molar-refractivity contribution is -0.274. The molecule has 0 radical (unpaired) electrons. The highest BCUT2D eigenvalue weighted by Crippen LogP contribution is 2.30. The van der Waals surface area contributed by atoms with E-state index in [2.05, 4.69) is 4.74 Å². The van der Waals surface area contributed by atoms with Crippen LogP contribution >= 0.6 is 0 Å². The molecule has 0 saturated heterocycles. The molecular weight excluding hydrogens is 311 g/mol. The van der Waals surface area contributed by atoms with Gasteiger partial charge < -0.3 is 19.9 Å². The molecule has 2 aromatic rings. The van der Waals surface area contributed by atoms with Crippen molar-refractivity contribution in [2.75, 3.05) is 14.2 Å². The molecule has 0 aliphatic heterocycles. The third kappa shape index (κ3) is 4.53. The molecule has 0 aliphatic rings. The Morgan fingerprint density at radius 3 is 1.78 bits per heavy atom. The van der Waals surface area contributed by atoms with Crippen molar-refractivity contribution in [1.82, 2.24) is 0 Å². The number of hydrogen-bond acceptors (Lipinski definition) is 4. The maximum Gasteiger partial charge on any atom is 0.573 e. The topological polar surface area (TPSA) is 53.7 Å². The molecule has 2 N–H and O–H groups in total. The SMILES string of the molecule is COc1cc(OC)cc([C@H](N)c2ccc(OC(F)(F)F)cc2)c1. The number of ether oxygens (including phenoxy) is 3. The summed E-state index contributed by atoms with van der Waals surface area (Å²) < 4.78 is 50.7. The second kappa shape index (κ2) is 6.78. The first kappa shape index (κ1) is 17.0. The Hall–Kier alpha value is -2.41. The van der Waals surface area contributed by atoms with Crippen LogP contribution in [0.1, 0.15) is 17.2 Å². The Labute approximate surface area is 131 Å². The van der Waals surface area contributed by atoms with Gasteiger partial charge in [-0.3, -0.25) is 0 Å². The van der Waals surface area contributed by atoms with E-state index in [1.165, 1.54) is 38.5 Å². The van der Waals surface area contributed by atoms with Gasteiger partial charge in [0.1, 0.15) is 17.2 Å². The molecule has 0 unspecified atom stereocenters. The quantitative estimate of drug-likeness (QED) is 0.911. The molecule has 0 heterocycles. The lowest BCUT2D eigenvalue weighted by atomic mass is 9.99. The van der Waals surface area contributed by atoms with Crippen LogP contribution in [0.25, 0.3) is 0 Å². The van der Waals surface area contributed by atoms with Crippen LogP contribution in [0.4, 0.5) is 13.2 Å². The van der Waals surface area contributed by atoms with Gasteiger partial charge in [-0.25, -0.2) is 0 Å². The van der Waals surface area contributed by atoms with E-state index in [4.69, 9.17) is 15.2 Å². The zero-order chi connectivity index (χ0) is 17.0. The third-order valence-corrected chi connectivity index (χ3v) is 3.21. The smallest absolute Gasteiger partial charge is 0.497 e. The molecule has 0 saturated carbocycles. The first-order chi connectivity index (χ1) is 10.8.